The monoisotopic (exact) mass is 732 g/mol. The van der Waals surface area contributed by atoms with Crippen molar-refractivity contribution in [1.29, 1.82) is 0 Å². The first kappa shape index (κ1) is 39.3. The second kappa shape index (κ2) is 15.4. The Morgan fingerprint density at radius 2 is 1.29 bits per heavy atom. The number of rotatable bonds is 14. The lowest BCUT2D eigenvalue weighted by Gasteiger charge is -2.41. The van der Waals surface area contributed by atoms with Gasteiger partial charge in [0.1, 0.15) is 18.3 Å². The number of ether oxygens (including phenoxy) is 1. The van der Waals surface area contributed by atoms with Gasteiger partial charge >= 0.3 is 13.5 Å². The van der Waals surface area contributed by atoms with Crippen molar-refractivity contribution in [3.05, 3.63) is 105 Å². The Balaban J connectivity index is 1.80. The summed E-state index contributed by atoms with van der Waals surface area (Å²) >= 11 is 0. The van der Waals surface area contributed by atoms with E-state index in [4.69, 9.17) is 27.2 Å². The molecule has 0 aliphatic carbocycles. The van der Waals surface area contributed by atoms with Gasteiger partial charge in [-0.15, -0.1) is 0 Å². The van der Waals surface area contributed by atoms with Crippen LogP contribution in [0.3, 0.4) is 0 Å². The summed E-state index contributed by atoms with van der Waals surface area (Å²) in [7, 11) is -9.26. The normalized spacial score (nSPS) is 20.9. The third-order valence-electron chi connectivity index (χ3n) is 9.78. The number of hydrogen-bond acceptors (Lipinski definition) is 9. The highest BCUT2D eigenvalue weighted by molar-refractivity contribution is 7.48. The van der Waals surface area contributed by atoms with Crippen LogP contribution in [-0.4, -0.2) is 51.1 Å². The lowest BCUT2D eigenvalue weighted by molar-refractivity contribution is -0.0520. The predicted molar refractivity (Wildman–Crippen MR) is 195 cm³/mol. The molecular formula is C35H53N2O9PSi2. The fourth-order valence-corrected chi connectivity index (χ4v) is 8.34. The van der Waals surface area contributed by atoms with Crippen molar-refractivity contribution in [2.75, 3.05) is 6.61 Å². The maximum absolute atomic E-state index is 14.8. The second-order valence-electron chi connectivity index (χ2n) is 15.5. The summed E-state index contributed by atoms with van der Waals surface area (Å²) in [6.45, 7) is 21.1. The highest BCUT2D eigenvalue weighted by Crippen LogP contribution is 2.55. The van der Waals surface area contributed by atoms with Crippen LogP contribution in [0.1, 0.15) is 58.9 Å². The molecule has 0 bridgehead atoms. The molecule has 1 aromatic heterocycles. The highest BCUT2D eigenvalue weighted by atomic mass is 31.2. The molecule has 270 valence electrons. The van der Waals surface area contributed by atoms with E-state index in [2.05, 4.69) is 72.7 Å². The first-order valence-electron chi connectivity index (χ1n) is 16.7. The van der Waals surface area contributed by atoms with E-state index < -0.39 is 60.2 Å². The average molecular weight is 733 g/mol. The zero-order valence-electron chi connectivity index (χ0n) is 30.4. The van der Waals surface area contributed by atoms with E-state index in [0.29, 0.717) is 0 Å². The first-order chi connectivity index (χ1) is 22.7. The van der Waals surface area contributed by atoms with Crippen molar-refractivity contribution in [3.8, 4) is 0 Å². The van der Waals surface area contributed by atoms with E-state index in [1.165, 1.54) is 16.8 Å². The zero-order valence-corrected chi connectivity index (χ0v) is 33.3. The van der Waals surface area contributed by atoms with Crippen molar-refractivity contribution in [2.24, 2.45) is 0 Å². The molecular weight excluding hydrogens is 680 g/mol. The number of aromatic amines is 1. The molecule has 4 atom stereocenters. The van der Waals surface area contributed by atoms with E-state index in [-0.39, 0.29) is 29.9 Å². The average Bonchev–Trinajstić information content (AvgIpc) is 3.33. The Morgan fingerprint density at radius 1 is 0.776 bits per heavy atom. The van der Waals surface area contributed by atoms with Gasteiger partial charge in [-0.2, -0.15) is 0 Å². The number of H-pyrrole nitrogens is 1. The fourth-order valence-electron chi connectivity index (χ4n) is 4.67. The molecule has 1 aliphatic rings. The van der Waals surface area contributed by atoms with E-state index >= 15 is 0 Å². The Bertz CT molecular complexity index is 1640. The Hall–Kier alpha value is -2.46. The van der Waals surface area contributed by atoms with Crippen LogP contribution >= 0.6 is 7.82 Å². The van der Waals surface area contributed by atoms with Gasteiger partial charge in [-0.1, -0.05) is 102 Å². The van der Waals surface area contributed by atoms with Crippen LogP contribution in [0.5, 0.6) is 0 Å². The molecule has 1 N–H and O–H groups in total. The minimum absolute atomic E-state index is 0.0395. The Labute approximate surface area is 292 Å². The van der Waals surface area contributed by atoms with E-state index in [0.717, 1.165) is 11.1 Å². The molecule has 2 unspecified atom stereocenters. The number of aromatic nitrogens is 2. The maximum Gasteiger partial charge on any atom is 0.475 e. The van der Waals surface area contributed by atoms with Gasteiger partial charge in [-0.05, 0) is 47.4 Å². The molecule has 49 heavy (non-hydrogen) atoms. The van der Waals surface area contributed by atoms with Crippen LogP contribution in [0.4, 0.5) is 0 Å². The lowest BCUT2D eigenvalue weighted by atomic mass is 10.1. The molecule has 1 aliphatic heterocycles. The lowest BCUT2D eigenvalue weighted by Crippen LogP contribution is -2.50. The molecule has 2 aromatic carbocycles. The highest BCUT2D eigenvalue weighted by Gasteiger charge is 2.55. The molecule has 2 heterocycles. The molecule has 0 spiro atoms. The Morgan fingerprint density at radius 3 is 1.76 bits per heavy atom. The molecule has 0 amide bonds. The number of nitrogens with one attached hydrogen (secondary N) is 1. The van der Waals surface area contributed by atoms with Crippen molar-refractivity contribution in [1.82, 2.24) is 9.55 Å². The molecule has 0 radical (unpaired) electrons. The summed E-state index contributed by atoms with van der Waals surface area (Å²) < 4.78 is 54.9. The molecule has 14 heteroatoms. The third-order valence-corrected chi connectivity index (χ3v) is 20.1. The SMILES string of the molecule is CC(C)(C)[Si](C)(C)OC[C@H]1O[C@@H](n2ccc(=O)[nH]c2=O)C(O[Si](C)(C)C(C)(C)C)C1OP(=O)(OCc1ccccc1)OCc1ccccc1. The molecule has 0 saturated carbocycles. The quantitative estimate of drug-likeness (QED) is 0.131. The van der Waals surface area contributed by atoms with Crippen LogP contribution in [-0.2, 0) is 44.9 Å². The summed E-state index contributed by atoms with van der Waals surface area (Å²) in [6, 6.07) is 19.9. The minimum atomic E-state index is -4.35. The summed E-state index contributed by atoms with van der Waals surface area (Å²) in [6.07, 6.45) is -2.53. The van der Waals surface area contributed by atoms with Crippen LogP contribution in [0, 0.1) is 0 Å². The predicted octanol–water partition coefficient (Wildman–Crippen LogP) is 7.77. The van der Waals surface area contributed by atoms with Crippen LogP contribution in [0.25, 0.3) is 0 Å². The largest absolute Gasteiger partial charge is 0.475 e. The van der Waals surface area contributed by atoms with Gasteiger partial charge in [0.25, 0.3) is 5.56 Å². The van der Waals surface area contributed by atoms with Crippen LogP contribution < -0.4 is 11.2 Å². The van der Waals surface area contributed by atoms with E-state index in [1.54, 1.807) is 0 Å². The topological polar surface area (TPSA) is 127 Å². The molecule has 1 fully saturated rings. The van der Waals surface area contributed by atoms with Crippen LogP contribution in [0.15, 0.2) is 82.5 Å². The maximum atomic E-state index is 14.8. The van der Waals surface area contributed by atoms with Crippen LogP contribution in [0.2, 0.25) is 36.3 Å². The van der Waals surface area contributed by atoms with Gasteiger partial charge in [0, 0.05) is 12.3 Å². The molecule has 3 aromatic rings. The van der Waals surface area contributed by atoms with Gasteiger partial charge in [0.2, 0.25) is 0 Å². The van der Waals surface area contributed by atoms with Crippen molar-refractivity contribution >= 4 is 24.5 Å². The van der Waals surface area contributed by atoms with Gasteiger partial charge in [-0.3, -0.25) is 27.9 Å². The standard InChI is InChI=1S/C35H53N2O9PSi2/c1-34(2,3)48(7,8)43-25-28-30(31(46-49(9,10)35(4,5)6)32(44-28)37-22-21-29(38)36-33(37)39)45-47(40,41-23-26-17-13-11-14-18-26)42-24-27-19-15-12-16-20-27/h11-22,28,30-32H,23-25H2,1-10H3,(H,36,38,39)/t28-,30?,31?,32-/m1/s1. The molecule has 4 rings (SSSR count). The van der Waals surface area contributed by atoms with Gasteiger partial charge in [0.15, 0.2) is 22.9 Å². The van der Waals surface area contributed by atoms with Gasteiger partial charge < -0.3 is 13.6 Å². The summed E-state index contributed by atoms with van der Waals surface area (Å²) in [5.74, 6) is 0. The summed E-state index contributed by atoms with van der Waals surface area (Å²) in [4.78, 5) is 27.6. The number of phosphoric ester groups is 1. The zero-order chi connectivity index (χ0) is 36.3. The van der Waals surface area contributed by atoms with Gasteiger partial charge in [0.05, 0.1) is 19.8 Å². The third kappa shape index (κ3) is 10.1. The second-order valence-corrected chi connectivity index (χ2v) is 26.7. The summed E-state index contributed by atoms with van der Waals surface area (Å²) in [5, 5.41) is -0.355. The smallest absolute Gasteiger partial charge is 0.414 e. The fraction of sp³-hybridized carbons (Fsp3) is 0.543. The first-order valence-corrected chi connectivity index (χ1v) is 23.9. The van der Waals surface area contributed by atoms with E-state index in [1.807, 2.05) is 60.7 Å². The van der Waals surface area contributed by atoms with Gasteiger partial charge in [-0.25, -0.2) is 9.36 Å². The number of benzene rings is 2. The molecule has 1 saturated heterocycles. The van der Waals surface area contributed by atoms with Crippen molar-refractivity contribution in [3.63, 3.8) is 0 Å². The minimum Gasteiger partial charge on any atom is -0.414 e. The number of nitrogens with zero attached hydrogens (tertiary/aromatic N) is 1. The van der Waals surface area contributed by atoms with E-state index in [9.17, 15) is 14.2 Å². The summed E-state index contributed by atoms with van der Waals surface area (Å²) in [5.41, 5.74) is 0.346. The molecule has 11 nitrogen and oxygen atoms in total. The number of phosphoric acid groups is 1. The Kier molecular flexibility index (Phi) is 12.4. The van der Waals surface area contributed by atoms with Crippen molar-refractivity contribution in [2.45, 2.75) is 116 Å². The van der Waals surface area contributed by atoms with Crippen molar-refractivity contribution < 1.29 is 31.7 Å². The number of hydrogen-bond donors (Lipinski definition) is 1.